The van der Waals surface area contributed by atoms with E-state index in [0.29, 0.717) is 0 Å². The van der Waals surface area contributed by atoms with Crippen LogP contribution in [0, 0.1) is 11.3 Å². The van der Waals surface area contributed by atoms with Crippen LogP contribution in [0.4, 0.5) is 0 Å². The average molecular weight is 259 g/mol. The Kier molecular flexibility index (Phi) is 2.95. The van der Waals surface area contributed by atoms with Gasteiger partial charge in [0, 0.05) is 5.41 Å². The number of fused-ring (bicyclic) bond motifs is 2. The molecule has 0 bridgehead atoms. The van der Waals surface area contributed by atoms with Gasteiger partial charge >= 0.3 is 0 Å². The van der Waals surface area contributed by atoms with E-state index < -0.39 is 0 Å². The molecule has 0 saturated carbocycles. The molecule has 0 N–H and O–H groups in total. The zero-order valence-corrected chi connectivity index (χ0v) is 11.6. The van der Waals surface area contributed by atoms with Crippen molar-refractivity contribution in [3.63, 3.8) is 0 Å². The van der Waals surface area contributed by atoms with Gasteiger partial charge in [-0.15, -0.1) is 6.58 Å². The van der Waals surface area contributed by atoms with Crippen molar-refractivity contribution in [1.29, 1.82) is 5.26 Å². The molecule has 20 heavy (non-hydrogen) atoms. The van der Waals surface area contributed by atoms with Gasteiger partial charge in [0.05, 0.1) is 12.0 Å². The van der Waals surface area contributed by atoms with Gasteiger partial charge in [0.2, 0.25) is 0 Å². The van der Waals surface area contributed by atoms with Gasteiger partial charge in [-0.3, -0.25) is 0 Å². The molecule has 3 rings (SSSR count). The molecule has 0 atom stereocenters. The van der Waals surface area contributed by atoms with Crippen LogP contribution >= 0.6 is 0 Å². The third-order valence-corrected chi connectivity index (χ3v) is 4.41. The van der Waals surface area contributed by atoms with Crippen molar-refractivity contribution in [1.82, 2.24) is 0 Å². The van der Waals surface area contributed by atoms with Crippen LogP contribution in [0.5, 0.6) is 0 Å². The van der Waals surface area contributed by atoms with Crippen LogP contribution < -0.4 is 0 Å². The van der Waals surface area contributed by atoms with Crippen LogP contribution in [0.25, 0.3) is 0 Å². The van der Waals surface area contributed by atoms with Crippen LogP contribution in [-0.2, 0) is 5.41 Å². The van der Waals surface area contributed by atoms with E-state index in [2.05, 4.69) is 56.0 Å². The highest BCUT2D eigenvalue weighted by Crippen LogP contribution is 2.48. The van der Waals surface area contributed by atoms with Gasteiger partial charge in [0.15, 0.2) is 0 Å². The average Bonchev–Trinajstić information content (AvgIpc) is 2.49. The normalized spacial score (nSPS) is 23.3. The minimum absolute atomic E-state index is 0.0950. The first-order valence-corrected chi connectivity index (χ1v) is 6.91. The van der Waals surface area contributed by atoms with Gasteiger partial charge in [-0.05, 0) is 28.7 Å². The fraction of sp³-hybridized carbons (Fsp3) is 0.211. The standard InChI is InChI=1S/C19H17N/c1-3-12-19(2)17-10-6-4-8-14(17)16(13-20)15-9-5-7-11-18(15)19/h3-11,16H,1,12H2,2H3. The maximum Gasteiger partial charge on any atom is 0.0968 e. The van der Waals surface area contributed by atoms with E-state index in [1.807, 2.05) is 18.2 Å². The molecule has 0 amide bonds. The number of benzene rings is 2. The van der Waals surface area contributed by atoms with Crippen LogP contribution in [0.15, 0.2) is 61.2 Å². The highest BCUT2D eigenvalue weighted by molar-refractivity contribution is 5.58. The first kappa shape index (κ1) is 12.7. The van der Waals surface area contributed by atoms with Crippen molar-refractivity contribution in [3.05, 3.63) is 83.4 Å². The molecule has 1 heteroatoms. The van der Waals surface area contributed by atoms with Crippen LogP contribution in [0.2, 0.25) is 0 Å². The largest absolute Gasteiger partial charge is 0.197 e. The highest BCUT2D eigenvalue weighted by atomic mass is 14.4. The van der Waals surface area contributed by atoms with E-state index >= 15 is 0 Å². The van der Waals surface area contributed by atoms with E-state index in [-0.39, 0.29) is 11.3 Å². The Balaban J connectivity index is 2.36. The lowest BCUT2D eigenvalue weighted by molar-refractivity contribution is 0.551. The van der Waals surface area contributed by atoms with E-state index in [0.717, 1.165) is 17.5 Å². The third kappa shape index (κ3) is 1.62. The molecule has 1 aliphatic rings. The Morgan fingerprint density at radius 2 is 1.60 bits per heavy atom. The lowest BCUT2D eigenvalue weighted by Gasteiger charge is -2.39. The van der Waals surface area contributed by atoms with Crippen molar-refractivity contribution in [2.45, 2.75) is 24.7 Å². The van der Waals surface area contributed by atoms with Gasteiger partial charge in [-0.2, -0.15) is 5.26 Å². The summed E-state index contributed by atoms with van der Waals surface area (Å²) in [6.07, 6.45) is 2.85. The van der Waals surface area contributed by atoms with Crippen molar-refractivity contribution < 1.29 is 0 Å². The molecule has 1 nitrogen and oxygen atoms in total. The van der Waals surface area contributed by atoms with Gasteiger partial charge < -0.3 is 0 Å². The number of rotatable bonds is 2. The molecule has 0 saturated heterocycles. The molecule has 0 unspecified atom stereocenters. The van der Waals surface area contributed by atoms with Gasteiger partial charge in [0.1, 0.15) is 0 Å². The van der Waals surface area contributed by atoms with Crippen molar-refractivity contribution in [3.8, 4) is 6.07 Å². The fourth-order valence-electron chi connectivity index (χ4n) is 3.46. The summed E-state index contributed by atoms with van der Waals surface area (Å²) in [5, 5.41) is 9.61. The minimum atomic E-state index is -0.166. The second-order valence-corrected chi connectivity index (χ2v) is 5.56. The molecule has 0 fully saturated rings. The summed E-state index contributed by atoms with van der Waals surface area (Å²) >= 11 is 0. The maximum atomic E-state index is 9.61. The first-order chi connectivity index (χ1) is 9.72. The topological polar surface area (TPSA) is 23.8 Å². The van der Waals surface area contributed by atoms with Crippen molar-refractivity contribution >= 4 is 0 Å². The predicted molar refractivity (Wildman–Crippen MR) is 81.6 cm³/mol. The summed E-state index contributed by atoms with van der Waals surface area (Å²) in [6, 6.07) is 19.1. The SMILES string of the molecule is C=CCC1(C)c2ccccc2C(C#N)c2ccccc21. The van der Waals surface area contributed by atoms with E-state index in [1.165, 1.54) is 11.1 Å². The molecular formula is C19H17N. The number of nitrogens with zero attached hydrogens (tertiary/aromatic N) is 1. The number of hydrogen-bond acceptors (Lipinski definition) is 1. The fourth-order valence-corrected chi connectivity index (χ4v) is 3.46. The summed E-state index contributed by atoms with van der Waals surface area (Å²) in [4.78, 5) is 0. The van der Waals surface area contributed by atoms with Crippen LogP contribution in [0.3, 0.4) is 0 Å². The molecule has 2 aromatic rings. The summed E-state index contributed by atoms with van der Waals surface area (Å²) in [7, 11) is 0. The zero-order valence-electron chi connectivity index (χ0n) is 11.6. The van der Waals surface area contributed by atoms with Gasteiger partial charge in [0.25, 0.3) is 0 Å². The Morgan fingerprint density at radius 1 is 1.10 bits per heavy atom. The van der Waals surface area contributed by atoms with Crippen molar-refractivity contribution in [2.24, 2.45) is 0 Å². The van der Waals surface area contributed by atoms with Crippen molar-refractivity contribution in [2.75, 3.05) is 0 Å². The Hall–Kier alpha value is -2.33. The number of nitriles is 1. The Morgan fingerprint density at radius 3 is 2.05 bits per heavy atom. The van der Waals surface area contributed by atoms with Gasteiger partial charge in [-0.1, -0.05) is 61.5 Å². The predicted octanol–water partition coefficient (Wildman–Crippen LogP) is 4.54. The zero-order chi connectivity index (χ0) is 14.2. The summed E-state index contributed by atoms with van der Waals surface area (Å²) < 4.78 is 0. The summed E-state index contributed by atoms with van der Waals surface area (Å²) in [5.74, 6) is -0.166. The number of allylic oxidation sites excluding steroid dienone is 1. The first-order valence-electron chi connectivity index (χ1n) is 6.91. The monoisotopic (exact) mass is 259 g/mol. The number of hydrogen-bond donors (Lipinski definition) is 0. The quantitative estimate of drug-likeness (QED) is 0.726. The van der Waals surface area contributed by atoms with E-state index in [4.69, 9.17) is 0 Å². The molecular weight excluding hydrogens is 242 g/mol. The Labute approximate surface area is 120 Å². The molecule has 0 spiro atoms. The maximum absolute atomic E-state index is 9.61. The molecule has 0 aliphatic heterocycles. The molecule has 0 heterocycles. The third-order valence-electron chi connectivity index (χ3n) is 4.41. The lowest BCUT2D eigenvalue weighted by Crippen LogP contribution is -2.31. The summed E-state index contributed by atoms with van der Waals surface area (Å²) in [6.45, 7) is 6.17. The minimum Gasteiger partial charge on any atom is -0.197 e. The molecule has 2 aromatic carbocycles. The summed E-state index contributed by atoms with van der Waals surface area (Å²) in [5.41, 5.74) is 4.69. The van der Waals surface area contributed by atoms with E-state index in [9.17, 15) is 5.26 Å². The smallest absolute Gasteiger partial charge is 0.0968 e. The second-order valence-electron chi connectivity index (χ2n) is 5.56. The van der Waals surface area contributed by atoms with Crippen LogP contribution in [0.1, 0.15) is 41.5 Å². The Bertz CT molecular complexity index is 658. The molecule has 0 radical (unpaired) electrons. The van der Waals surface area contributed by atoms with E-state index in [1.54, 1.807) is 0 Å². The molecule has 98 valence electrons. The highest BCUT2D eigenvalue weighted by Gasteiger charge is 2.39. The molecule has 1 aliphatic carbocycles. The lowest BCUT2D eigenvalue weighted by atomic mass is 9.63. The second kappa shape index (κ2) is 4.65. The molecule has 0 aromatic heterocycles. The van der Waals surface area contributed by atoms with Gasteiger partial charge in [-0.25, -0.2) is 0 Å². The van der Waals surface area contributed by atoms with Crippen LogP contribution in [-0.4, -0.2) is 0 Å².